The molecule has 9 heteroatoms. The molecule has 0 aromatic heterocycles. The lowest BCUT2D eigenvalue weighted by Gasteiger charge is -2.38. The highest BCUT2D eigenvalue weighted by molar-refractivity contribution is 6.33. The number of hydrogen-bond donors (Lipinski definition) is 1. The van der Waals surface area contributed by atoms with E-state index in [2.05, 4.69) is 5.32 Å². The maximum absolute atomic E-state index is 12.9. The Bertz CT molecular complexity index is 695. The molecule has 2 aliphatic heterocycles. The van der Waals surface area contributed by atoms with Gasteiger partial charge >= 0.3 is 12.3 Å². The zero-order valence-corrected chi connectivity index (χ0v) is 13.2. The first-order valence-corrected chi connectivity index (χ1v) is 7.71. The van der Waals surface area contributed by atoms with E-state index < -0.39 is 29.3 Å². The highest BCUT2D eigenvalue weighted by Gasteiger charge is 2.45. The Hall–Kier alpha value is -1.96. The Balaban J connectivity index is 1.85. The number of benzene rings is 1. The van der Waals surface area contributed by atoms with Crippen molar-refractivity contribution in [2.24, 2.45) is 0 Å². The summed E-state index contributed by atoms with van der Waals surface area (Å²) in [6.07, 6.45) is -3.95. The minimum absolute atomic E-state index is 0.0471. The van der Waals surface area contributed by atoms with Crippen molar-refractivity contribution in [1.29, 1.82) is 0 Å². The zero-order valence-electron chi connectivity index (χ0n) is 12.5. The molecule has 0 saturated carbocycles. The molecule has 2 fully saturated rings. The predicted octanol–water partition coefficient (Wildman–Crippen LogP) is 3.07. The van der Waals surface area contributed by atoms with Crippen LogP contribution in [0.3, 0.4) is 0 Å². The number of hydrogen-bond acceptors (Lipinski definition) is 3. The Morgan fingerprint density at radius 2 is 2.12 bits per heavy atom. The van der Waals surface area contributed by atoms with E-state index in [0.29, 0.717) is 19.4 Å². The van der Waals surface area contributed by atoms with Crippen LogP contribution in [0.5, 0.6) is 0 Å². The van der Waals surface area contributed by atoms with Crippen LogP contribution < -0.4 is 5.32 Å². The highest BCUT2D eigenvalue weighted by atomic mass is 35.5. The van der Waals surface area contributed by atoms with E-state index in [1.807, 2.05) is 0 Å². The molecule has 5 nitrogen and oxygen atoms in total. The molecule has 2 aliphatic rings. The monoisotopic (exact) mass is 362 g/mol. The lowest BCUT2D eigenvalue weighted by molar-refractivity contribution is -0.137. The molecule has 0 radical (unpaired) electrons. The van der Waals surface area contributed by atoms with Gasteiger partial charge in [-0.2, -0.15) is 13.2 Å². The van der Waals surface area contributed by atoms with Crippen LogP contribution in [0.2, 0.25) is 5.02 Å². The van der Waals surface area contributed by atoms with Gasteiger partial charge in [-0.25, -0.2) is 4.79 Å². The molecule has 0 aliphatic carbocycles. The van der Waals surface area contributed by atoms with Crippen molar-refractivity contribution in [3.8, 4) is 0 Å². The number of piperidine rings is 1. The number of ether oxygens (including phenoxy) is 1. The Labute approximate surface area is 140 Å². The zero-order chi connectivity index (χ0) is 17.5. The van der Waals surface area contributed by atoms with Gasteiger partial charge in [0, 0.05) is 6.54 Å². The number of alkyl carbamates (subject to hydrolysis) is 1. The van der Waals surface area contributed by atoms with Crippen molar-refractivity contribution in [2.75, 3.05) is 19.6 Å². The second kappa shape index (κ2) is 5.84. The minimum Gasteiger partial charge on any atom is -0.439 e. The summed E-state index contributed by atoms with van der Waals surface area (Å²) in [7, 11) is 0. The fourth-order valence-corrected chi connectivity index (χ4v) is 3.24. The molecule has 2 saturated heterocycles. The van der Waals surface area contributed by atoms with Gasteiger partial charge in [-0.15, -0.1) is 0 Å². The largest absolute Gasteiger partial charge is 0.439 e. The third kappa shape index (κ3) is 3.15. The molecule has 1 spiro atoms. The third-order valence-electron chi connectivity index (χ3n) is 4.21. The first-order chi connectivity index (χ1) is 11.2. The van der Waals surface area contributed by atoms with E-state index in [9.17, 15) is 22.8 Å². The lowest BCUT2D eigenvalue weighted by Crippen LogP contribution is -2.52. The molecule has 2 amide bonds. The van der Waals surface area contributed by atoms with E-state index in [-0.39, 0.29) is 23.7 Å². The van der Waals surface area contributed by atoms with E-state index in [4.69, 9.17) is 16.3 Å². The van der Waals surface area contributed by atoms with Gasteiger partial charge in [-0.05, 0) is 31.0 Å². The maximum Gasteiger partial charge on any atom is 0.416 e. The molecule has 1 aromatic carbocycles. The lowest BCUT2D eigenvalue weighted by atomic mass is 9.92. The van der Waals surface area contributed by atoms with Crippen molar-refractivity contribution >= 4 is 23.6 Å². The van der Waals surface area contributed by atoms with Gasteiger partial charge in [0.05, 0.1) is 29.2 Å². The number of alkyl halides is 3. The number of carbonyl (C=O) groups excluding carboxylic acids is 2. The van der Waals surface area contributed by atoms with Gasteiger partial charge < -0.3 is 15.0 Å². The van der Waals surface area contributed by atoms with E-state index in [1.165, 1.54) is 4.90 Å². The molecule has 0 unspecified atom stereocenters. The Morgan fingerprint density at radius 1 is 1.38 bits per heavy atom. The summed E-state index contributed by atoms with van der Waals surface area (Å²) in [5.74, 6) is -0.604. The van der Waals surface area contributed by atoms with Gasteiger partial charge in [0.1, 0.15) is 5.60 Å². The van der Waals surface area contributed by atoms with Crippen molar-refractivity contribution in [2.45, 2.75) is 24.6 Å². The van der Waals surface area contributed by atoms with Crippen LogP contribution in [-0.4, -0.2) is 42.1 Å². The fourth-order valence-electron chi connectivity index (χ4n) is 3.04. The highest BCUT2D eigenvalue weighted by Crippen LogP contribution is 2.34. The van der Waals surface area contributed by atoms with Crippen LogP contribution >= 0.6 is 11.6 Å². The molecule has 130 valence electrons. The number of amides is 2. The normalized spacial score (nSPS) is 24.0. The summed E-state index contributed by atoms with van der Waals surface area (Å²) in [6, 6.07) is 2.65. The summed E-state index contributed by atoms with van der Waals surface area (Å²) < 4.78 is 43.8. The average molecular weight is 363 g/mol. The molecular weight excluding hydrogens is 349 g/mol. The van der Waals surface area contributed by atoms with Gasteiger partial charge in [0.2, 0.25) is 0 Å². The fraction of sp³-hybridized carbons (Fsp3) is 0.467. The van der Waals surface area contributed by atoms with Crippen molar-refractivity contribution in [3.05, 3.63) is 34.3 Å². The number of halogens is 4. The molecular formula is C15H14ClF3N2O3. The van der Waals surface area contributed by atoms with Crippen molar-refractivity contribution in [3.63, 3.8) is 0 Å². The topological polar surface area (TPSA) is 58.6 Å². The first-order valence-electron chi connectivity index (χ1n) is 7.33. The number of nitrogens with one attached hydrogen (secondary N) is 1. The Morgan fingerprint density at radius 3 is 2.75 bits per heavy atom. The number of nitrogens with zero attached hydrogens (tertiary/aromatic N) is 1. The predicted molar refractivity (Wildman–Crippen MR) is 78.8 cm³/mol. The van der Waals surface area contributed by atoms with Crippen LogP contribution in [-0.2, 0) is 10.9 Å². The molecule has 3 rings (SSSR count). The summed E-state index contributed by atoms with van der Waals surface area (Å²) in [4.78, 5) is 25.3. The van der Waals surface area contributed by atoms with Gasteiger partial charge in [-0.3, -0.25) is 4.79 Å². The first kappa shape index (κ1) is 16.9. The second-order valence-corrected chi connectivity index (χ2v) is 6.36. The number of rotatable bonds is 1. The molecule has 2 heterocycles. The SMILES string of the molecule is O=C1NC[C@]2(CCCN(C(=O)c3cc(C(F)(F)F)ccc3Cl)C2)O1. The van der Waals surface area contributed by atoms with Crippen LogP contribution in [0.4, 0.5) is 18.0 Å². The number of likely N-dealkylation sites (tertiary alicyclic amines) is 1. The van der Waals surface area contributed by atoms with Crippen LogP contribution in [0.1, 0.15) is 28.8 Å². The standard InChI is InChI=1S/C15H14ClF3N2O3/c16-11-3-2-9(15(17,18)19)6-10(11)12(22)21-5-1-4-14(8-21)7-20-13(23)24-14/h2-3,6H,1,4-5,7-8H2,(H,20,23)/t14-/m0/s1. The van der Waals surface area contributed by atoms with Gasteiger partial charge in [-0.1, -0.05) is 11.6 Å². The second-order valence-electron chi connectivity index (χ2n) is 5.95. The summed E-state index contributed by atoms with van der Waals surface area (Å²) in [5.41, 5.74) is -1.96. The molecule has 1 atom stereocenters. The average Bonchev–Trinajstić information content (AvgIpc) is 2.86. The van der Waals surface area contributed by atoms with Crippen LogP contribution in [0.15, 0.2) is 18.2 Å². The molecule has 1 aromatic rings. The third-order valence-corrected chi connectivity index (χ3v) is 4.54. The van der Waals surface area contributed by atoms with E-state index >= 15 is 0 Å². The summed E-state index contributed by atoms with van der Waals surface area (Å²) >= 11 is 5.92. The number of carbonyl (C=O) groups is 2. The van der Waals surface area contributed by atoms with Crippen molar-refractivity contribution < 1.29 is 27.5 Å². The molecule has 1 N–H and O–H groups in total. The smallest absolute Gasteiger partial charge is 0.416 e. The molecule has 0 bridgehead atoms. The van der Waals surface area contributed by atoms with E-state index in [1.54, 1.807) is 0 Å². The van der Waals surface area contributed by atoms with Crippen LogP contribution in [0, 0.1) is 0 Å². The Kier molecular flexibility index (Phi) is 4.11. The van der Waals surface area contributed by atoms with Crippen molar-refractivity contribution in [1.82, 2.24) is 10.2 Å². The van der Waals surface area contributed by atoms with Gasteiger partial charge in [0.15, 0.2) is 0 Å². The quantitative estimate of drug-likeness (QED) is 0.835. The maximum atomic E-state index is 12.9. The van der Waals surface area contributed by atoms with E-state index in [0.717, 1.165) is 18.2 Å². The van der Waals surface area contributed by atoms with Gasteiger partial charge in [0.25, 0.3) is 5.91 Å². The van der Waals surface area contributed by atoms with Crippen LogP contribution in [0.25, 0.3) is 0 Å². The minimum atomic E-state index is -4.56. The summed E-state index contributed by atoms with van der Waals surface area (Å²) in [5, 5.41) is 2.50. The molecule has 24 heavy (non-hydrogen) atoms. The summed E-state index contributed by atoms with van der Waals surface area (Å²) in [6.45, 7) is 0.758.